The Bertz CT molecular complexity index is 976. The van der Waals surface area contributed by atoms with Crippen LogP contribution in [0.25, 0.3) is 5.69 Å². The molecule has 0 atom stereocenters. The maximum absolute atomic E-state index is 12.6. The number of fused-ring (bicyclic) bond motifs is 2. The first-order chi connectivity index (χ1) is 14.2. The van der Waals surface area contributed by atoms with Crippen LogP contribution in [0.15, 0.2) is 54.0 Å². The molecule has 6 nitrogen and oxygen atoms in total. The number of nitrogens with zero attached hydrogens (tertiary/aromatic N) is 3. The predicted octanol–water partition coefficient (Wildman–Crippen LogP) is 3.71. The maximum atomic E-state index is 12.6. The van der Waals surface area contributed by atoms with Crippen LogP contribution in [0.2, 0.25) is 0 Å². The molecule has 0 saturated carbocycles. The van der Waals surface area contributed by atoms with Gasteiger partial charge in [0.25, 0.3) is 0 Å². The molecule has 0 radical (unpaired) electrons. The smallest absolute Gasteiger partial charge is 0.317 e. The number of nitrogens with one attached hydrogen (secondary N) is 1. The summed E-state index contributed by atoms with van der Waals surface area (Å²) in [4.78, 5) is 15.6. The lowest BCUT2D eigenvalue weighted by Crippen LogP contribution is -2.50. The first kappa shape index (κ1) is 18.4. The number of rotatable bonds is 3. The summed E-state index contributed by atoms with van der Waals surface area (Å²) in [5.74, 6) is 0. The number of thiophene rings is 1. The molecule has 5 rings (SSSR count). The molecule has 2 aliphatic rings. The van der Waals surface area contributed by atoms with E-state index in [2.05, 4.69) is 23.6 Å². The van der Waals surface area contributed by atoms with Crippen LogP contribution < -0.4 is 5.32 Å². The minimum atomic E-state index is -0.377. The average molecular weight is 409 g/mol. The molecule has 0 aliphatic carbocycles. The Morgan fingerprint density at radius 3 is 2.76 bits per heavy atom. The second-order valence-electron chi connectivity index (χ2n) is 7.60. The number of amides is 2. The van der Waals surface area contributed by atoms with Gasteiger partial charge in [-0.2, -0.15) is 5.10 Å². The van der Waals surface area contributed by atoms with Gasteiger partial charge in [-0.25, -0.2) is 9.48 Å². The van der Waals surface area contributed by atoms with Gasteiger partial charge in [-0.3, -0.25) is 0 Å². The lowest BCUT2D eigenvalue weighted by atomic mass is 9.84. The van der Waals surface area contributed by atoms with Crippen molar-refractivity contribution in [3.05, 3.63) is 70.2 Å². The van der Waals surface area contributed by atoms with E-state index in [0.717, 1.165) is 30.6 Å². The van der Waals surface area contributed by atoms with Crippen molar-refractivity contribution in [3.8, 4) is 5.69 Å². The molecule has 2 aromatic heterocycles. The number of para-hydroxylation sites is 1. The molecule has 29 heavy (non-hydrogen) atoms. The Labute approximate surface area is 174 Å². The van der Waals surface area contributed by atoms with E-state index >= 15 is 0 Å². The van der Waals surface area contributed by atoms with Gasteiger partial charge in [-0.1, -0.05) is 24.3 Å². The second-order valence-corrected chi connectivity index (χ2v) is 8.63. The minimum Gasteiger partial charge on any atom is -0.368 e. The number of urea groups is 1. The first-order valence-corrected chi connectivity index (χ1v) is 11.0. The number of hydrogen-bond acceptors (Lipinski definition) is 4. The fraction of sp³-hybridized carbons (Fsp3) is 0.364. The normalized spacial score (nSPS) is 17.9. The van der Waals surface area contributed by atoms with E-state index in [1.54, 1.807) is 11.3 Å². The third-order valence-electron chi connectivity index (χ3n) is 5.84. The van der Waals surface area contributed by atoms with Crippen LogP contribution in [-0.2, 0) is 23.3 Å². The monoisotopic (exact) mass is 408 g/mol. The number of likely N-dealkylation sites (tertiary alicyclic amines) is 1. The van der Waals surface area contributed by atoms with Crippen molar-refractivity contribution < 1.29 is 9.53 Å². The van der Waals surface area contributed by atoms with Gasteiger partial charge in [-0.05, 0) is 48.4 Å². The highest BCUT2D eigenvalue weighted by atomic mass is 32.1. The lowest BCUT2D eigenvalue weighted by molar-refractivity contribution is -0.0954. The quantitative estimate of drug-likeness (QED) is 0.719. The van der Waals surface area contributed by atoms with Crippen LogP contribution in [0.4, 0.5) is 4.79 Å². The Morgan fingerprint density at radius 2 is 2.00 bits per heavy atom. The van der Waals surface area contributed by atoms with Crippen LogP contribution in [0, 0.1) is 0 Å². The van der Waals surface area contributed by atoms with Crippen molar-refractivity contribution in [2.24, 2.45) is 0 Å². The zero-order valence-corrected chi connectivity index (χ0v) is 17.0. The van der Waals surface area contributed by atoms with E-state index in [1.165, 1.54) is 10.4 Å². The topological polar surface area (TPSA) is 59.4 Å². The van der Waals surface area contributed by atoms with E-state index in [-0.39, 0.29) is 11.6 Å². The highest BCUT2D eigenvalue weighted by molar-refractivity contribution is 7.09. The molecular formula is C22H24N4O2S. The molecule has 0 unspecified atom stereocenters. The summed E-state index contributed by atoms with van der Waals surface area (Å²) < 4.78 is 8.26. The first-order valence-electron chi connectivity index (χ1n) is 10.1. The van der Waals surface area contributed by atoms with Crippen LogP contribution >= 0.6 is 11.3 Å². The summed E-state index contributed by atoms with van der Waals surface area (Å²) in [6, 6.07) is 14.2. The Balaban J connectivity index is 1.29. The summed E-state index contributed by atoms with van der Waals surface area (Å²) in [5, 5.41) is 9.97. The van der Waals surface area contributed by atoms with Gasteiger partial charge in [0.2, 0.25) is 0 Å². The molecule has 1 spiro atoms. The number of aromatic nitrogens is 2. The molecule has 4 heterocycles. The Hall–Kier alpha value is -2.64. The van der Waals surface area contributed by atoms with E-state index in [9.17, 15) is 4.79 Å². The van der Waals surface area contributed by atoms with Crippen LogP contribution in [-0.4, -0.2) is 40.4 Å². The zero-order chi connectivity index (χ0) is 19.7. The lowest BCUT2D eigenvalue weighted by Gasteiger charge is -2.42. The summed E-state index contributed by atoms with van der Waals surface area (Å²) in [6.07, 6.45) is 4.57. The van der Waals surface area contributed by atoms with Crippen molar-refractivity contribution >= 4 is 17.4 Å². The van der Waals surface area contributed by atoms with Gasteiger partial charge < -0.3 is 15.0 Å². The Morgan fingerprint density at radius 1 is 1.17 bits per heavy atom. The number of benzene rings is 1. The number of carbonyl (C=O) groups excluding carboxylic acids is 1. The van der Waals surface area contributed by atoms with Crippen molar-refractivity contribution in [1.29, 1.82) is 0 Å². The molecule has 0 bridgehead atoms. The summed E-state index contributed by atoms with van der Waals surface area (Å²) in [6.45, 7) is 2.64. The van der Waals surface area contributed by atoms with Gasteiger partial charge in [-0.15, -0.1) is 11.3 Å². The van der Waals surface area contributed by atoms with Gasteiger partial charge in [0, 0.05) is 24.2 Å². The van der Waals surface area contributed by atoms with Gasteiger partial charge >= 0.3 is 6.03 Å². The molecule has 1 N–H and O–H groups in total. The van der Waals surface area contributed by atoms with Crippen molar-refractivity contribution in [2.45, 2.75) is 31.4 Å². The van der Waals surface area contributed by atoms with Gasteiger partial charge in [0.1, 0.15) is 5.60 Å². The summed E-state index contributed by atoms with van der Waals surface area (Å²) >= 11 is 1.66. The largest absolute Gasteiger partial charge is 0.368 e. The molecule has 2 aliphatic heterocycles. The van der Waals surface area contributed by atoms with Crippen molar-refractivity contribution in [3.63, 3.8) is 0 Å². The standard InChI is InChI=1S/C22H24N4O2S/c27-21(23-15-19-7-4-14-29-19)25-11-9-22(10-12-25)20-17(8-13-28-22)16-26(24-20)18-5-2-1-3-6-18/h1-7,14,16H,8-13,15H2,(H,23,27). The van der Waals surface area contributed by atoms with E-state index < -0.39 is 0 Å². The van der Waals surface area contributed by atoms with Crippen molar-refractivity contribution in [1.82, 2.24) is 20.0 Å². The number of hydrogen-bond donors (Lipinski definition) is 1. The third kappa shape index (κ3) is 3.56. The van der Waals surface area contributed by atoms with E-state index in [4.69, 9.17) is 9.84 Å². The minimum absolute atomic E-state index is 0.000835. The van der Waals surface area contributed by atoms with Crippen LogP contribution in [0.3, 0.4) is 0 Å². The zero-order valence-electron chi connectivity index (χ0n) is 16.2. The maximum Gasteiger partial charge on any atom is 0.317 e. The van der Waals surface area contributed by atoms with Gasteiger partial charge in [0.05, 0.1) is 24.5 Å². The highest BCUT2D eigenvalue weighted by Crippen LogP contribution is 2.41. The fourth-order valence-corrected chi connectivity index (χ4v) is 4.90. The fourth-order valence-electron chi connectivity index (χ4n) is 4.25. The number of carbonyl (C=O) groups is 1. The van der Waals surface area contributed by atoms with Crippen molar-refractivity contribution in [2.75, 3.05) is 19.7 Å². The summed E-state index contributed by atoms with van der Waals surface area (Å²) in [7, 11) is 0. The molecule has 7 heteroatoms. The highest BCUT2D eigenvalue weighted by Gasteiger charge is 2.44. The van der Waals surface area contributed by atoms with E-state index in [1.807, 2.05) is 45.3 Å². The summed E-state index contributed by atoms with van der Waals surface area (Å²) in [5.41, 5.74) is 2.99. The molecule has 3 aromatic rings. The molecular weight excluding hydrogens is 384 g/mol. The second kappa shape index (κ2) is 7.65. The van der Waals surface area contributed by atoms with E-state index in [0.29, 0.717) is 26.2 Å². The van der Waals surface area contributed by atoms with Crippen LogP contribution in [0.1, 0.15) is 29.0 Å². The molecule has 1 fully saturated rings. The predicted molar refractivity (Wildman–Crippen MR) is 112 cm³/mol. The molecule has 2 amide bonds. The van der Waals surface area contributed by atoms with Gasteiger partial charge in [0.15, 0.2) is 0 Å². The third-order valence-corrected chi connectivity index (χ3v) is 6.72. The number of ether oxygens (including phenoxy) is 1. The Kier molecular flexibility index (Phi) is 4.85. The molecule has 150 valence electrons. The number of piperidine rings is 1. The SMILES string of the molecule is O=C(NCc1cccs1)N1CCC2(CC1)OCCc1cn(-c3ccccc3)nc12. The molecule has 1 aromatic carbocycles. The average Bonchev–Trinajstić information content (AvgIpc) is 3.44. The molecule has 1 saturated heterocycles. The van der Waals surface area contributed by atoms with Crippen LogP contribution in [0.5, 0.6) is 0 Å².